The molecule has 1 aromatic carbocycles. The molecule has 86 valence electrons. The quantitative estimate of drug-likeness (QED) is 0.790. The zero-order valence-corrected chi connectivity index (χ0v) is 10.1. The van der Waals surface area contributed by atoms with Crippen molar-refractivity contribution in [3.63, 3.8) is 0 Å². The topological polar surface area (TPSA) is 29.5 Å². The fourth-order valence-corrected chi connectivity index (χ4v) is 1.10. The average molecular weight is 218 g/mol. The number of benzene rings is 1. The molecule has 0 saturated heterocycles. The van der Waals surface area contributed by atoms with Gasteiger partial charge in [-0.2, -0.15) is 0 Å². The van der Waals surface area contributed by atoms with Gasteiger partial charge in [-0.3, -0.25) is 0 Å². The lowest BCUT2D eigenvalue weighted by Gasteiger charge is -2.11. The molecule has 2 heteroatoms. The number of hydrogen-bond donors (Lipinski definition) is 1. The monoisotopic (exact) mass is 218 g/mol. The molecule has 1 aromatic rings. The lowest BCUT2D eigenvalue weighted by Crippen LogP contribution is -2.19. The van der Waals surface area contributed by atoms with Crippen LogP contribution in [0.1, 0.15) is 32.8 Å². The normalized spacial score (nSPS) is 13.5. The average Bonchev–Trinajstić information content (AvgIpc) is 2.29. The van der Waals surface area contributed by atoms with Gasteiger partial charge in [-0.1, -0.05) is 18.8 Å². The van der Waals surface area contributed by atoms with Crippen molar-refractivity contribution in [2.45, 2.75) is 32.8 Å². The number of ether oxygens (including phenoxy) is 1. The summed E-state index contributed by atoms with van der Waals surface area (Å²) in [5.74, 6) is 6.63. The van der Waals surface area contributed by atoms with Gasteiger partial charge in [-0.05, 0) is 44.5 Å². The Bertz CT molecular complexity index is 379. The van der Waals surface area contributed by atoms with E-state index in [2.05, 4.69) is 11.8 Å². The largest absolute Gasteiger partial charge is 0.494 e. The molecule has 0 spiro atoms. The Kier molecular flexibility index (Phi) is 4.39. The number of rotatable bonds is 3. The number of hydrogen-bond acceptors (Lipinski definition) is 2. The molecule has 0 amide bonds. The summed E-state index contributed by atoms with van der Waals surface area (Å²) in [6.45, 7) is 6.24. The van der Waals surface area contributed by atoms with Gasteiger partial charge in [-0.15, -0.1) is 0 Å². The summed E-state index contributed by atoms with van der Waals surface area (Å²) in [7, 11) is 0. The van der Waals surface area contributed by atoms with Crippen LogP contribution >= 0.6 is 0 Å². The van der Waals surface area contributed by atoms with Crippen molar-refractivity contribution in [2.24, 2.45) is 0 Å². The Morgan fingerprint density at radius 1 is 1.25 bits per heavy atom. The third kappa shape index (κ3) is 3.96. The molecule has 1 unspecified atom stereocenters. The summed E-state index contributed by atoms with van der Waals surface area (Å²) in [5, 5.41) is 9.73. The molecule has 0 heterocycles. The van der Waals surface area contributed by atoms with Crippen molar-refractivity contribution in [1.29, 1.82) is 0 Å². The minimum atomic E-state index is -0.904. The van der Waals surface area contributed by atoms with E-state index in [-0.39, 0.29) is 0 Å². The van der Waals surface area contributed by atoms with Crippen LogP contribution in [0.5, 0.6) is 5.75 Å². The maximum absolute atomic E-state index is 9.73. The minimum absolute atomic E-state index is 0.622. The highest BCUT2D eigenvalue weighted by Gasteiger charge is 2.12. The molecule has 0 radical (unpaired) electrons. The first kappa shape index (κ1) is 12.6. The first-order chi connectivity index (χ1) is 7.57. The molecule has 0 aromatic heterocycles. The second kappa shape index (κ2) is 5.58. The van der Waals surface area contributed by atoms with Gasteiger partial charge >= 0.3 is 0 Å². The molecule has 1 N–H and O–H groups in total. The van der Waals surface area contributed by atoms with Crippen LogP contribution in [0.2, 0.25) is 0 Å². The van der Waals surface area contributed by atoms with E-state index in [0.717, 1.165) is 11.3 Å². The van der Waals surface area contributed by atoms with Gasteiger partial charge < -0.3 is 9.84 Å². The van der Waals surface area contributed by atoms with Crippen LogP contribution < -0.4 is 4.74 Å². The van der Waals surface area contributed by atoms with Crippen molar-refractivity contribution < 1.29 is 9.84 Å². The van der Waals surface area contributed by atoms with Crippen LogP contribution in [0.25, 0.3) is 0 Å². The van der Waals surface area contributed by atoms with E-state index in [4.69, 9.17) is 4.74 Å². The van der Waals surface area contributed by atoms with E-state index >= 15 is 0 Å². The molecule has 0 aliphatic rings. The summed E-state index contributed by atoms with van der Waals surface area (Å²) >= 11 is 0. The predicted octanol–water partition coefficient (Wildman–Crippen LogP) is 2.60. The number of aliphatic hydroxyl groups is 1. The van der Waals surface area contributed by atoms with Crippen LogP contribution in [0.15, 0.2) is 24.3 Å². The van der Waals surface area contributed by atoms with Crippen molar-refractivity contribution in [3.05, 3.63) is 29.8 Å². The molecule has 0 fully saturated rings. The first-order valence-electron chi connectivity index (χ1n) is 5.56. The van der Waals surface area contributed by atoms with Crippen LogP contribution in [-0.4, -0.2) is 17.3 Å². The highest BCUT2D eigenvalue weighted by Crippen LogP contribution is 2.12. The van der Waals surface area contributed by atoms with Crippen molar-refractivity contribution in [2.75, 3.05) is 6.61 Å². The molecule has 1 rings (SSSR count). The Hall–Kier alpha value is -1.46. The molecular formula is C14H18O2. The van der Waals surface area contributed by atoms with Crippen LogP contribution in [0.4, 0.5) is 0 Å². The minimum Gasteiger partial charge on any atom is -0.494 e. The van der Waals surface area contributed by atoms with Crippen molar-refractivity contribution in [3.8, 4) is 17.6 Å². The van der Waals surface area contributed by atoms with E-state index < -0.39 is 5.60 Å². The van der Waals surface area contributed by atoms with Gasteiger partial charge in [0.05, 0.1) is 6.61 Å². The van der Waals surface area contributed by atoms with E-state index in [0.29, 0.717) is 13.0 Å². The van der Waals surface area contributed by atoms with E-state index in [9.17, 15) is 5.11 Å². The Balaban J connectivity index is 2.75. The molecule has 0 aliphatic carbocycles. The molecule has 0 aliphatic heterocycles. The zero-order chi connectivity index (χ0) is 12.0. The summed E-state index contributed by atoms with van der Waals surface area (Å²) in [5.41, 5.74) is -0.0179. The predicted molar refractivity (Wildman–Crippen MR) is 65.4 cm³/mol. The van der Waals surface area contributed by atoms with Crippen molar-refractivity contribution >= 4 is 0 Å². The van der Waals surface area contributed by atoms with Gasteiger partial charge in [0.2, 0.25) is 0 Å². The van der Waals surface area contributed by atoms with Crippen molar-refractivity contribution in [1.82, 2.24) is 0 Å². The maximum atomic E-state index is 9.73. The lowest BCUT2D eigenvalue weighted by molar-refractivity contribution is 0.118. The Morgan fingerprint density at radius 3 is 2.38 bits per heavy atom. The van der Waals surface area contributed by atoms with Gasteiger partial charge in [-0.25, -0.2) is 0 Å². The molecular weight excluding hydrogens is 200 g/mol. The molecule has 1 atom stereocenters. The second-order valence-electron chi connectivity index (χ2n) is 3.83. The standard InChI is InChI=1S/C14H18O2/c1-4-14(3,15)11-10-12-6-8-13(9-7-12)16-5-2/h6-9,15H,4-5H2,1-3H3. The fourth-order valence-electron chi connectivity index (χ4n) is 1.10. The molecule has 2 nitrogen and oxygen atoms in total. The van der Waals surface area contributed by atoms with Gasteiger partial charge in [0.1, 0.15) is 11.4 Å². The van der Waals surface area contributed by atoms with Gasteiger partial charge in [0, 0.05) is 5.56 Å². The van der Waals surface area contributed by atoms with Gasteiger partial charge in [0.15, 0.2) is 0 Å². The van der Waals surface area contributed by atoms with E-state index in [1.54, 1.807) is 6.92 Å². The highest BCUT2D eigenvalue weighted by molar-refractivity contribution is 5.39. The third-order valence-electron chi connectivity index (χ3n) is 2.33. The second-order valence-corrected chi connectivity index (χ2v) is 3.83. The molecule has 16 heavy (non-hydrogen) atoms. The van der Waals surface area contributed by atoms with E-state index in [1.807, 2.05) is 38.1 Å². The highest BCUT2D eigenvalue weighted by atomic mass is 16.5. The maximum Gasteiger partial charge on any atom is 0.122 e. The summed E-state index contributed by atoms with van der Waals surface area (Å²) in [6, 6.07) is 7.55. The third-order valence-corrected chi connectivity index (χ3v) is 2.33. The molecule has 0 saturated carbocycles. The summed E-state index contributed by atoms with van der Waals surface area (Å²) in [6.07, 6.45) is 0.622. The lowest BCUT2D eigenvalue weighted by atomic mass is 10.0. The van der Waals surface area contributed by atoms with E-state index in [1.165, 1.54) is 0 Å². The zero-order valence-electron chi connectivity index (χ0n) is 10.1. The Labute approximate surface area is 97.3 Å². The van der Waals surface area contributed by atoms with Crippen LogP contribution in [0, 0.1) is 11.8 Å². The van der Waals surface area contributed by atoms with Crippen LogP contribution in [0.3, 0.4) is 0 Å². The first-order valence-corrected chi connectivity index (χ1v) is 5.56. The van der Waals surface area contributed by atoms with Crippen LogP contribution in [-0.2, 0) is 0 Å². The van der Waals surface area contributed by atoms with Gasteiger partial charge in [0.25, 0.3) is 0 Å². The Morgan fingerprint density at radius 2 is 1.88 bits per heavy atom. The SMILES string of the molecule is CCOc1ccc(C#CC(C)(O)CC)cc1. The summed E-state index contributed by atoms with van der Waals surface area (Å²) < 4.78 is 5.33. The summed E-state index contributed by atoms with van der Waals surface area (Å²) in [4.78, 5) is 0. The molecule has 0 bridgehead atoms. The fraction of sp³-hybridized carbons (Fsp3) is 0.429. The smallest absolute Gasteiger partial charge is 0.122 e.